The first kappa shape index (κ1) is 67.2. The van der Waals surface area contributed by atoms with Crippen molar-refractivity contribution in [3.05, 3.63) is 117 Å². The van der Waals surface area contributed by atoms with Crippen molar-refractivity contribution < 1.29 is 71.0 Å². The van der Waals surface area contributed by atoms with Crippen LogP contribution in [-0.4, -0.2) is 150 Å². The van der Waals surface area contributed by atoms with Crippen LogP contribution in [0.5, 0.6) is 0 Å². The second-order valence-electron chi connectivity index (χ2n) is 20.4. The van der Waals surface area contributed by atoms with Gasteiger partial charge in [-0.25, -0.2) is 45.6 Å². The number of ketones is 1. The Kier molecular flexibility index (Phi) is 22.9. The molecule has 2 aliphatic heterocycles. The van der Waals surface area contributed by atoms with Crippen molar-refractivity contribution >= 4 is 76.6 Å². The molecule has 85 heavy (non-hydrogen) atoms. The highest BCUT2D eigenvalue weighted by Crippen LogP contribution is 2.33. The van der Waals surface area contributed by atoms with Crippen LogP contribution in [0.25, 0.3) is 21.8 Å². The molecule has 2 fully saturated rings. The number of hydrogen-bond donors (Lipinski definition) is 6. The van der Waals surface area contributed by atoms with Gasteiger partial charge in [-0.3, -0.25) is 28.8 Å². The van der Waals surface area contributed by atoms with Gasteiger partial charge in [0, 0.05) is 78.3 Å². The number of nitrogens with one attached hydrogen (secondary N) is 5. The average Bonchev–Trinajstić information content (AvgIpc) is 1.53. The molecule has 0 unspecified atom stereocenters. The minimum absolute atomic E-state index is 0.00763. The molecular weight excluding hydrogens is 1170 g/mol. The summed E-state index contributed by atoms with van der Waals surface area (Å²) in [6.45, 7) is 16.3. The lowest BCUT2D eigenvalue weighted by Gasteiger charge is -2.26. The van der Waals surface area contributed by atoms with Crippen LogP contribution in [0.4, 0.5) is 58.1 Å². The van der Waals surface area contributed by atoms with Gasteiger partial charge in [0.25, 0.3) is 5.91 Å². The van der Waals surface area contributed by atoms with Gasteiger partial charge in [-0.05, 0) is 132 Å². The maximum atomic E-state index is 14.9. The zero-order valence-electron chi connectivity index (χ0n) is 47.7. The summed E-state index contributed by atoms with van der Waals surface area (Å²) >= 11 is 0. The van der Waals surface area contributed by atoms with Crippen LogP contribution < -0.4 is 31.1 Å². The number of rotatable bonds is 19. The largest absolute Gasteiger partial charge is 0.451 e. The van der Waals surface area contributed by atoms with Gasteiger partial charge < -0.3 is 31.2 Å². The molecule has 0 spiro atoms. The lowest BCUT2D eigenvalue weighted by Crippen LogP contribution is -2.37. The summed E-state index contributed by atoms with van der Waals surface area (Å²) in [4.78, 5) is 43.8. The first-order valence-corrected chi connectivity index (χ1v) is 30.5. The number of nitrogens with zero attached hydrogens (tertiary/aromatic N) is 6. The molecule has 2 saturated heterocycles. The fraction of sp³-hybridized carbons (Fsp3) is 0.455. The van der Waals surface area contributed by atoms with Gasteiger partial charge in [0.15, 0.2) is 5.78 Å². The number of benzene rings is 4. The molecule has 2 aliphatic rings. The number of fused-ring (bicyclic) bond motifs is 2. The van der Waals surface area contributed by atoms with E-state index >= 15 is 0 Å². The van der Waals surface area contributed by atoms with E-state index in [4.69, 9.17) is 15.2 Å². The van der Waals surface area contributed by atoms with Crippen molar-refractivity contribution in [2.45, 2.75) is 71.9 Å². The SMILES string of the molecule is CC(=O)c1ccc2nc(C(F)(F)F)nc(NCCCN3CCOCC3)c2c1.Cc1cc([C@@H](C)N)c(F)cc1NS(C)(=O)=O.Cc1cc([C@@H](C)NC(=O)c2ccc3nc(C(F)(F)F)nc(NCCCN4CCOCC4)c3c2)c(F)cc1NS(C)(=O)=O. The van der Waals surface area contributed by atoms with Gasteiger partial charge in [0.2, 0.25) is 31.7 Å². The number of aromatic nitrogens is 4. The number of amides is 1. The third-order valence-corrected chi connectivity index (χ3v) is 14.4. The summed E-state index contributed by atoms with van der Waals surface area (Å²) < 4.78 is 168. The predicted octanol–water partition coefficient (Wildman–Crippen LogP) is 8.60. The summed E-state index contributed by atoms with van der Waals surface area (Å²) in [5.74, 6) is -4.45. The number of aryl methyl sites for hydroxylation is 2. The predicted molar refractivity (Wildman–Crippen MR) is 308 cm³/mol. The molecule has 0 radical (unpaired) electrons. The molecule has 6 aromatic rings. The number of morpholine rings is 2. The summed E-state index contributed by atoms with van der Waals surface area (Å²) in [5.41, 5.74) is 8.16. The molecule has 7 N–H and O–H groups in total. The minimum Gasteiger partial charge on any atom is -0.379 e. The number of sulfonamides is 2. The highest BCUT2D eigenvalue weighted by Gasteiger charge is 2.37. The summed E-state index contributed by atoms with van der Waals surface area (Å²) in [7, 11) is -7.02. The molecular formula is C55H68F8N12O8S2. The van der Waals surface area contributed by atoms with Gasteiger partial charge in [-0.15, -0.1) is 0 Å². The Balaban J connectivity index is 0.000000229. The zero-order valence-corrected chi connectivity index (χ0v) is 49.3. The van der Waals surface area contributed by atoms with Crippen molar-refractivity contribution in [2.75, 3.05) is 111 Å². The molecule has 20 nitrogen and oxygen atoms in total. The van der Waals surface area contributed by atoms with Crippen LogP contribution >= 0.6 is 0 Å². The van der Waals surface area contributed by atoms with E-state index in [1.807, 2.05) is 0 Å². The third-order valence-electron chi connectivity index (χ3n) is 13.2. The minimum atomic E-state index is -4.77. The van der Waals surface area contributed by atoms with Gasteiger partial charge in [-0.1, -0.05) is 0 Å². The average molecular weight is 1240 g/mol. The fourth-order valence-electron chi connectivity index (χ4n) is 8.87. The quantitative estimate of drug-likeness (QED) is 0.0252. The van der Waals surface area contributed by atoms with Crippen LogP contribution in [0.2, 0.25) is 0 Å². The number of hydrogen-bond acceptors (Lipinski definition) is 17. The van der Waals surface area contributed by atoms with Crippen LogP contribution in [0.3, 0.4) is 0 Å². The lowest BCUT2D eigenvalue weighted by atomic mass is 10.0. The van der Waals surface area contributed by atoms with E-state index in [2.05, 4.69) is 55.1 Å². The van der Waals surface area contributed by atoms with Crippen LogP contribution in [0.15, 0.2) is 60.7 Å². The summed E-state index contributed by atoms with van der Waals surface area (Å²) in [6.07, 6.45) is -6.04. The number of alkyl halides is 6. The van der Waals surface area contributed by atoms with Crippen LogP contribution in [-0.2, 0) is 41.9 Å². The second-order valence-corrected chi connectivity index (χ2v) is 23.9. The standard InChI is InChI=1S/C27H32F4N6O4S.C18H21F3N4O2.C10H15FN2O2S/c1-16-13-19(21(28)15-23(16)36-42(3,39)40)17(2)33-25(38)18-5-6-22-20(14-18)24(35-26(34-22)27(29,30)31)32-7-4-8-37-9-11-41-12-10-37;1-12(26)13-3-4-15-14(11-13)16(24-17(23-15)18(19,20)21)22-5-2-6-25-7-9-27-10-8-25;1-6-4-8(7(2)12)9(11)5-10(6)13-16(3,14)15/h5-6,13-15,17,36H,4,7-12H2,1-3H3,(H,33,38)(H,32,34,35);3-4,11H,2,5-10H2,1H3,(H,22,23,24);4-5,7,13H,12H2,1-3H3/t17-;;7-/m1.1/s1. The number of ether oxygens (including phenoxy) is 2. The molecule has 0 saturated carbocycles. The molecule has 1 amide bonds. The molecule has 2 atom stereocenters. The first-order chi connectivity index (χ1) is 39.8. The number of anilines is 4. The molecule has 8 rings (SSSR count). The van der Waals surface area contributed by atoms with Crippen LogP contribution in [0.1, 0.15) is 100 Å². The number of halogens is 8. The number of carbonyl (C=O) groups excluding carboxylic acids is 2. The van der Waals surface area contributed by atoms with E-state index in [9.17, 15) is 61.5 Å². The Bertz CT molecular complexity index is 3570. The van der Waals surface area contributed by atoms with E-state index in [0.717, 1.165) is 70.3 Å². The highest BCUT2D eigenvalue weighted by atomic mass is 32.2. The number of Topliss-reactive ketones (excluding diaryl/α,β-unsaturated/α-hetero) is 1. The smallest absolute Gasteiger partial charge is 0.379 e. The number of nitrogens with two attached hydrogens (primary N) is 1. The van der Waals surface area contributed by atoms with Gasteiger partial charge >= 0.3 is 12.4 Å². The number of carbonyl (C=O) groups is 2. The normalized spacial score (nSPS) is 15.2. The van der Waals surface area contributed by atoms with Gasteiger partial charge in [0.05, 0.1) is 67.4 Å². The molecule has 30 heteroatoms. The Morgan fingerprint density at radius 1 is 0.624 bits per heavy atom. The third kappa shape index (κ3) is 20.1. The van der Waals surface area contributed by atoms with E-state index in [-0.39, 0.29) is 56.3 Å². The fourth-order valence-corrected chi connectivity index (χ4v) is 10.1. The highest BCUT2D eigenvalue weighted by molar-refractivity contribution is 7.92. The van der Waals surface area contributed by atoms with E-state index in [1.54, 1.807) is 33.8 Å². The second kappa shape index (κ2) is 29.0. The maximum absolute atomic E-state index is 14.9. The molecule has 4 heterocycles. The van der Waals surface area contributed by atoms with E-state index in [0.29, 0.717) is 73.6 Å². The Morgan fingerprint density at radius 3 is 1.42 bits per heavy atom. The maximum Gasteiger partial charge on any atom is 0.451 e. The monoisotopic (exact) mass is 1240 g/mol. The molecule has 464 valence electrons. The van der Waals surface area contributed by atoms with Crippen molar-refractivity contribution in [3.8, 4) is 0 Å². The topological polar surface area (TPSA) is 265 Å². The Labute approximate surface area is 487 Å². The molecule has 4 aromatic carbocycles. The Morgan fingerprint density at radius 2 is 1.02 bits per heavy atom. The van der Waals surface area contributed by atoms with Gasteiger partial charge in [-0.2, -0.15) is 26.3 Å². The summed E-state index contributed by atoms with van der Waals surface area (Å²) in [6, 6.07) is 12.4. The molecule has 0 bridgehead atoms. The Hall–Kier alpha value is -6.96. The lowest BCUT2D eigenvalue weighted by molar-refractivity contribution is -0.145. The zero-order chi connectivity index (χ0) is 62.6. The van der Waals surface area contributed by atoms with Gasteiger partial charge in [0.1, 0.15) is 23.3 Å². The molecule has 2 aromatic heterocycles. The van der Waals surface area contributed by atoms with Crippen molar-refractivity contribution in [1.29, 1.82) is 0 Å². The van der Waals surface area contributed by atoms with E-state index < -0.39 is 73.7 Å². The van der Waals surface area contributed by atoms with Crippen molar-refractivity contribution in [2.24, 2.45) is 5.73 Å². The summed E-state index contributed by atoms with van der Waals surface area (Å²) in [5, 5.41) is 9.27. The first-order valence-electron chi connectivity index (χ1n) is 26.7. The van der Waals surface area contributed by atoms with Crippen molar-refractivity contribution in [1.82, 2.24) is 35.1 Å². The van der Waals surface area contributed by atoms with E-state index in [1.165, 1.54) is 49.4 Å². The van der Waals surface area contributed by atoms with Crippen molar-refractivity contribution in [3.63, 3.8) is 0 Å². The van der Waals surface area contributed by atoms with Crippen LogP contribution in [0, 0.1) is 25.5 Å². The molecule has 0 aliphatic carbocycles.